The Morgan fingerprint density at radius 3 is 2.27 bits per heavy atom. The Kier molecular flexibility index (Phi) is 4.37. The lowest BCUT2D eigenvalue weighted by atomic mass is 10.2. The average molecular weight is 411 g/mol. The number of hydrogen-bond donors (Lipinski definition) is 3. The quantitative estimate of drug-likeness (QED) is 0.353. The second kappa shape index (κ2) is 6.83. The summed E-state index contributed by atoms with van der Waals surface area (Å²) in [5.41, 5.74) is 6.55. The van der Waals surface area contributed by atoms with E-state index in [1.165, 1.54) is 0 Å². The Balaban J connectivity index is 1.96. The number of rotatable bonds is 4. The molecule has 8 heteroatoms. The van der Waals surface area contributed by atoms with Crippen LogP contribution in [0.1, 0.15) is 5.69 Å². The van der Waals surface area contributed by atoms with Gasteiger partial charge in [0.1, 0.15) is 11.4 Å². The standard InChI is InChI=1S/C18H15BrN6O/c19-15-14(10-26)25(11-6-2-1-3-7-11)24-16(15)17-18(23-20)22-13-9-5-4-8-12(13)21-17/h1-9,26H,10,20H2,(H,22,23). The second-order valence-electron chi connectivity index (χ2n) is 5.57. The van der Waals surface area contributed by atoms with Crippen molar-refractivity contribution in [2.24, 2.45) is 5.84 Å². The number of halogens is 1. The van der Waals surface area contributed by atoms with Crippen molar-refractivity contribution in [1.29, 1.82) is 0 Å². The summed E-state index contributed by atoms with van der Waals surface area (Å²) in [5, 5.41) is 14.5. The van der Waals surface area contributed by atoms with Gasteiger partial charge >= 0.3 is 0 Å². The van der Waals surface area contributed by atoms with Gasteiger partial charge in [0.25, 0.3) is 0 Å². The Morgan fingerprint density at radius 2 is 1.62 bits per heavy atom. The van der Waals surface area contributed by atoms with E-state index in [1.807, 2.05) is 54.6 Å². The zero-order chi connectivity index (χ0) is 18.1. The summed E-state index contributed by atoms with van der Waals surface area (Å²) in [6.45, 7) is -0.186. The molecule has 4 aromatic rings. The van der Waals surface area contributed by atoms with Crippen molar-refractivity contribution >= 4 is 32.8 Å². The molecule has 4 rings (SSSR count). The van der Waals surface area contributed by atoms with Crippen LogP contribution in [-0.4, -0.2) is 24.9 Å². The predicted octanol–water partition coefficient (Wildman–Crippen LogP) is 3.02. The fourth-order valence-electron chi connectivity index (χ4n) is 2.77. The van der Waals surface area contributed by atoms with Gasteiger partial charge in [-0.05, 0) is 40.2 Å². The number of para-hydroxylation sites is 3. The summed E-state index contributed by atoms with van der Waals surface area (Å²) in [7, 11) is 0. The van der Waals surface area contributed by atoms with E-state index in [2.05, 4.69) is 36.4 Å². The molecule has 0 saturated heterocycles. The third kappa shape index (κ3) is 2.74. The molecule has 2 aromatic heterocycles. The fourth-order valence-corrected chi connectivity index (χ4v) is 3.33. The lowest BCUT2D eigenvalue weighted by molar-refractivity contribution is 0.272. The number of nitrogens with two attached hydrogens (primary N) is 1. The molecule has 26 heavy (non-hydrogen) atoms. The molecule has 0 bridgehead atoms. The minimum Gasteiger partial charge on any atom is -0.390 e. The molecular weight excluding hydrogens is 396 g/mol. The van der Waals surface area contributed by atoms with Gasteiger partial charge in [-0.1, -0.05) is 30.3 Å². The van der Waals surface area contributed by atoms with Crippen LogP contribution in [0.3, 0.4) is 0 Å². The summed E-state index contributed by atoms with van der Waals surface area (Å²) < 4.78 is 2.32. The Bertz CT molecular complexity index is 1080. The molecule has 0 atom stereocenters. The molecule has 0 aliphatic rings. The van der Waals surface area contributed by atoms with Crippen molar-refractivity contribution in [3.63, 3.8) is 0 Å². The molecule has 2 heterocycles. The molecule has 0 aliphatic carbocycles. The Morgan fingerprint density at radius 1 is 0.962 bits per heavy atom. The number of hydrazine groups is 1. The van der Waals surface area contributed by atoms with E-state index >= 15 is 0 Å². The van der Waals surface area contributed by atoms with Gasteiger partial charge in [-0.25, -0.2) is 20.5 Å². The highest BCUT2D eigenvalue weighted by molar-refractivity contribution is 9.10. The van der Waals surface area contributed by atoms with Crippen LogP contribution in [0.5, 0.6) is 0 Å². The van der Waals surface area contributed by atoms with Crippen LogP contribution in [0.25, 0.3) is 28.1 Å². The van der Waals surface area contributed by atoms with E-state index < -0.39 is 0 Å². The largest absolute Gasteiger partial charge is 0.390 e. The molecule has 0 saturated carbocycles. The second-order valence-corrected chi connectivity index (χ2v) is 6.36. The maximum absolute atomic E-state index is 9.85. The van der Waals surface area contributed by atoms with Gasteiger partial charge in [0, 0.05) is 0 Å². The number of benzene rings is 2. The van der Waals surface area contributed by atoms with Crippen LogP contribution in [0.4, 0.5) is 5.82 Å². The normalized spacial score (nSPS) is 11.0. The van der Waals surface area contributed by atoms with Crippen LogP contribution < -0.4 is 11.3 Å². The van der Waals surface area contributed by atoms with Crippen molar-refractivity contribution in [3.05, 3.63) is 64.8 Å². The zero-order valence-corrected chi connectivity index (χ0v) is 15.2. The minimum atomic E-state index is -0.186. The van der Waals surface area contributed by atoms with Crippen molar-refractivity contribution in [3.8, 4) is 17.1 Å². The van der Waals surface area contributed by atoms with E-state index in [1.54, 1.807) is 4.68 Å². The highest BCUT2D eigenvalue weighted by Crippen LogP contribution is 2.34. The molecule has 130 valence electrons. The first-order chi connectivity index (χ1) is 12.7. The molecule has 0 amide bonds. The number of nitrogen functional groups attached to an aromatic ring is 1. The summed E-state index contributed by atoms with van der Waals surface area (Å²) >= 11 is 3.54. The number of nitrogens with one attached hydrogen (secondary N) is 1. The summed E-state index contributed by atoms with van der Waals surface area (Å²) in [5.74, 6) is 6.07. The third-order valence-corrected chi connectivity index (χ3v) is 4.83. The molecule has 4 N–H and O–H groups in total. The maximum Gasteiger partial charge on any atom is 0.169 e. The van der Waals surface area contributed by atoms with Crippen LogP contribution in [0, 0.1) is 0 Å². The Labute approximate surface area is 157 Å². The molecule has 7 nitrogen and oxygen atoms in total. The van der Waals surface area contributed by atoms with Crippen LogP contribution >= 0.6 is 15.9 Å². The molecule has 2 aromatic carbocycles. The summed E-state index contributed by atoms with van der Waals surface area (Å²) in [6, 6.07) is 17.1. The van der Waals surface area contributed by atoms with Gasteiger partial charge in [-0.2, -0.15) is 5.10 Å². The topological polar surface area (TPSA) is 102 Å². The first-order valence-electron chi connectivity index (χ1n) is 7.90. The summed E-state index contributed by atoms with van der Waals surface area (Å²) in [4.78, 5) is 9.18. The van der Waals surface area contributed by atoms with Gasteiger partial charge in [0.15, 0.2) is 5.82 Å². The predicted molar refractivity (Wildman–Crippen MR) is 104 cm³/mol. The molecule has 0 aliphatic heterocycles. The molecule has 0 unspecified atom stereocenters. The van der Waals surface area contributed by atoms with Crippen molar-refractivity contribution < 1.29 is 5.11 Å². The number of aliphatic hydroxyl groups excluding tert-OH is 1. The number of nitrogens with zero attached hydrogens (tertiary/aromatic N) is 4. The van der Waals surface area contributed by atoms with Crippen molar-refractivity contribution in [1.82, 2.24) is 19.7 Å². The van der Waals surface area contributed by atoms with Crippen LogP contribution in [0.2, 0.25) is 0 Å². The van der Waals surface area contributed by atoms with Crippen molar-refractivity contribution in [2.45, 2.75) is 6.61 Å². The van der Waals surface area contributed by atoms with Gasteiger partial charge in [-0.15, -0.1) is 0 Å². The molecule has 0 fully saturated rings. The number of hydrogen-bond acceptors (Lipinski definition) is 6. The number of anilines is 1. The zero-order valence-electron chi connectivity index (χ0n) is 13.6. The number of aromatic nitrogens is 4. The molecule has 0 spiro atoms. The lowest BCUT2D eigenvalue weighted by Crippen LogP contribution is -2.11. The van der Waals surface area contributed by atoms with Crippen molar-refractivity contribution in [2.75, 3.05) is 5.43 Å². The number of fused-ring (bicyclic) bond motifs is 1. The fraction of sp³-hybridized carbons (Fsp3) is 0.0556. The Hall–Kier alpha value is -2.81. The van der Waals surface area contributed by atoms with Gasteiger partial charge < -0.3 is 10.5 Å². The van der Waals surface area contributed by atoms with E-state index in [-0.39, 0.29) is 6.61 Å². The SMILES string of the molecule is NNc1nc2ccccc2nc1-c1nn(-c2ccccc2)c(CO)c1Br. The molecular formula is C18H15BrN6O. The highest BCUT2D eigenvalue weighted by Gasteiger charge is 2.22. The highest BCUT2D eigenvalue weighted by atomic mass is 79.9. The van der Waals surface area contributed by atoms with E-state index in [0.29, 0.717) is 27.4 Å². The van der Waals surface area contributed by atoms with Gasteiger partial charge in [-0.3, -0.25) is 0 Å². The van der Waals surface area contributed by atoms with Crippen LogP contribution in [-0.2, 0) is 6.61 Å². The van der Waals surface area contributed by atoms with E-state index in [4.69, 9.17) is 5.84 Å². The third-order valence-electron chi connectivity index (χ3n) is 4.00. The van der Waals surface area contributed by atoms with E-state index in [0.717, 1.165) is 16.7 Å². The van der Waals surface area contributed by atoms with E-state index in [9.17, 15) is 5.11 Å². The van der Waals surface area contributed by atoms with Gasteiger partial charge in [0.2, 0.25) is 0 Å². The smallest absolute Gasteiger partial charge is 0.169 e. The lowest BCUT2D eigenvalue weighted by Gasteiger charge is -2.07. The average Bonchev–Trinajstić information content (AvgIpc) is 3.03. The first-order valence-corrected chi connectivity index (χ1v) is 8.69. The monoisotopic (exact) mass is 410 g/mol. The minimum absolute atomic E-state index is 0.186. The number of aliphatic hydroxyl groups is 1. The maximum atomic E-state index is 9.85. The summed E-state index contributed by atoms with van der Waals surface area (Å²) in [6.07, 6.45) is 0. The van der Waals surface area contributed by atoms with Gasteiger partial charge in [0.05, 0.1) is 33.5 Å². The first kappa shape index (κ1) is 16.6. The molecule has 0 radical (unpaired) electrons. The van der Waals surface area contributed by atoms with Crippen LogP contribution in [0.15, 0.2) is 59.1 Å².